The van der Waals surface area contributed by atoms with Crippen LogP contribution >= 0.6 is 34.8 Å². The third-order valence-electron chi connectivity index (χ3n) is 2.00. The van der Waals surface area contributed by atoms with Gasteiger partial charge in [-0.2, -0.15) is 0 Å². The number of benzene rings is 1. The molecule has 2 rings (SSSR count). The van der Waals surface area contributed by atoms with Crippen molar-refractivity contribution in [3.8, 4) is 0 Å². The Morgan fingerprint density at radius 1 is 1.27 bits per heavy atom. The second kappa shape index (κ2) is 3.97. The molecule has 0 aliphatic carbocycles. The van der Waals surface area contributed by atoms with Gasteiger partial charge in [0.05, 0.1) is 21.1 Å². The van der Waals surface area contributed by atoms with Gasteiger partial charge in [0.1, 0.15) is 0 Å². The summed E-state index contributed by atoms with van der Waals surface area (Å²) in [5, 5.41) is 0.784. The van der Waals surface area contributed by atoms with E-state index in [2.05, 4.69) is 4.98 Å². The first kappa shape index (κ1) is 10.7. The summed E-state index contributed by atoms with van der Waals surface area (Å²) in [6.45, 7) is 0. The first-order chi connectivity index (χ1) is 7.11. The van der Waals surface area contributed by atoms with Gasteiger partial charge in [0.2, 0.25) is 0 Å². The van der Waals surface area contributed by atoms with E-state index in [4.69, 9.17) is 34.8 Å². The maximum Gasteiger partial charge on any atom is 0.254 e. The number of aromatic nitrogens is 1. The van der Waals surface area contributed by atoms with Crippen molar-refractivity contribution in [2.75, 3.05) is 0 Å². The van der Waals surface area contributed by atoms with Crippen molar-refractivity contribution >= 4 is 50.9 Å². The summed E-state index contributed by atoms with van der Waals surface area (Å²) >= 11 is 17.2. The SMILES string of the molecule is O=C(Cl)c1cccc2c(Cl)c(Cl)cnc12. The Bertz CT molecular complexity index is 554. The lowest BCUT2D eigenvalue weighted by atomic mass is 10.1. The fourth-order valence-electron chi connectivity index (χ4n) is 1.32. The minimum absolute atomic E-state index is 0.327. The first-order valence-corrected chi connectivity index (χ1v) is 5.17. The van der Waals surface area contributed by atoms with Crippen molar-refractivity contribution in [1.82, 2.24) is 4.98 Å². The van der Waals surface area contributed by atoms with E-state index in [1.54, 1.807) is 18.2 Å². The molecule has 0 aliphatic heterocycles. The van der Waals surface area contributed by atoms with E-state index in [0.717, 1.165) is 0 Å². The molecule has 0 fully saturated rings. The number of halogens is 3. The second-order valence-electron chi connectivity index (χ2n) is 2.90. The Balaban J connectivity index is 2.89. The average Bonchev–Trinajstić information content (AvgIpc) is 2.23. The first-order valence-electron chi connectivity index (χ1n) is 4.04. The predicted molar refractivity (Wildman–Crippen MR) is 61.9 cm³/mol. The molecule has 0 atom stereocenters. The van der Waals surface area contributed by atoms with Crippen LogP contribution in [0.15, 0.2) is 24.4 Å². The third kappa shape index (κ3) is 1.81. The number of carbonyl (C=O) groups is 1. The summed E-state index contributed by atoms with van der Waals surface area (Å²) in [5.74, 6) is 0. The van der Waals surface area contributed by atoms with Gasteiger partial charge in [-0.3, -0.25) is 9.78 Å². The normalized spacial score (nSPS) is 10.6. The van der Waals surface area contributed by atoms with Crippen LogP contribution in [0.25, 0.3) is 10.9 Å². The Labute approximate surface area is 101 Å². The molecule has 0 aliphatic rings. The van der Waals surface area contributed by atoms with Gasteiger partial charge in [0, 0.05) is 11.6 Å². The van der Waals surface area contributed by atoms with Gasteiger partial charge in [-0.1, -0.05) is 35.3 Å². The monoisotopic (exact) mass is 259 g/mol. The highest BCUT2D eigenvalue weighted by atomic mass is 35.5. The van der Waals surface area contributed by atoms with E-state index in [1.807, 2.05) is 0 Å². The molecule has 0 saturated heterocycles. The lowest BCUT2D eigenvalue weighted by molar-refractivity contribution is 0.108. The molecule has 5 heteroatoms. The Kier molecular flexibility index (Phi) is 2.83. The molecule has 2 nitrogen and oxygen atoms in total. The zero-order valence-electron chi connectivity index (χ0n) is 7.30. The number of hydrogen-bond acceptors (Lipinski definition) is 2. The molecule has 1 aromatic carbocycles. The molecule has 2 aromatic rings. The number of nitrogens with zero attached hydrogens (tertiary/aromatic N) is 1. The van der Waals surface area contributed by atoms with Gasteiger partial charge in [0.15, 0.2) is 0 Å². The molecule has 0 spiro atoms. The Morgan fingerprint density at radius 3 is 2.67 bits per heavy atom. The summed E-state index contributed by atoms with van der Waals surface area (Å²) in [6, 6.07) is 5.01. The van der Waals surface area contributed by atoms with Gasteiger partial charge in [-0.25, -0.2) is 0 Å². The van der Waals surface area contributed by atoms with E-state index in [1.165, 1.54) is 6.20 Å². The number of carbonyl (C=O) groups excluding carboxylic acids is 1. The molecule has 0 bridgehead atoms. The summed E-state index contributed by atoms with van der Waals surface area (Å²) < 4.78 is 0. The Morgan fingerprint density at radius 2 is 2.00 bits per heavy atom. The lowest BCUT2D eigenvalue weighted by Gasteiger charge is -2.04. The van der Waals surface area contributed by atoms with Crippen LogP contribution in [0, 0.1) is 0 Å². The highest BCUT2D eigenvalue weighted by Crippen LogP contribution is 2.30. The number of pyridine rings is 1. The van der Waals surface area contributed by atoms with Crippen LogP contribution in [0.2, 0.25) is 10.0 Å². The van der Waals surface area contributed by atoms with Gasteiger partial charge in [-0.05, 0) is 17.7 Å². The number of para-hydroxylation sites is 1. The van der Waals surface area contributed by atoms with Crippen molar-refractivity contribution in [2.45, 2.75) is 0 Å². The largest absolute Gasteiger partial charge is 0.276 e. The molecule has 15 heavy (non-hydrogen) atoms. The molecule has 0 unspecified atom stereocenters. The van der Waals surface area contributed by atoms with E-state index < -0.39 is 5.24 Å². The quantitative estimate of drug-likeness (QED) is 0.727. The molecular weight excluding hydrogens is 256 g/mol. The highest BCUT2D eigenvalue weighted by molar-refractivity contribution is 6.68. The van der Waals surface area contributed by atoms with E-state index in [9.17, 15) is 4.79 Å². The summed E-state index contributed by atoms with van der Waals surface area (Å²) in [6.07, 6.45) is 1.40. The third-order valence-corrected chi connectivity index (χ3v) is 3.00. The molecule has 76 valence electrons. The fraction of sp³-hybridized carbons (Fsp3) is 0. The average molecular weight is 261 g/mol. The number of fused-ring (bicyclic) bond motifs is 1. The second-order valence-corrected chi connectivity index (χ2v) is 4.02. The maximum atomic E-state index is 11.1. The molecule has 0 N–H and O–H groups in total. The van der Waals surface area contributed by atoms with Gasteiger partial charge >= 0.3 is 0 Å². The van der Waals surface area contributed by atoms with Crippen molar-refractivity contribution in [3.63, 3.8) is 0 Å². The summed E-state index contributed by atoms with van der Waals surface area (Å²) in [5.41, 5.74) is 0.791. The molecule has 0 amide bonds. The number of rotatable bonds is 1. The van der Waals surface area contributed by atoms with Crippen LogP contribution in [-0.4, -0.2) is 10.2 Å². The molecule has 0 saturated carbocycles. The Hall–Kier alpha value is -0.830. The topological polar surface area (TPSA) is 30.0 Å². The van der Waals surface area contributed by atoms with Crippen molar-refractivity contribution in [1.29, 1.82) is 0 Å². The van der Waals surface area contributed by atoms with Crippen molar-refractivity contribution in [2.24, 2.45) is 0 Å². The van der Waals surface area contributed by atoms with Crippen LogP contribution in [0.1, 0.15) is 10.4 Å². The molecule has 1 aromatic heterocycles. The minimum Gasteiger partial charge on any atom is -0.276 e. The zero-order chi connectivity index (χ0) is 11.0. The van der Waals surface area contributed by atoms with E-state index in [-0.39, 0.29) is 0 Å². The summed E-state index contributed by atoms with van der Waals surface area (Å²) in [4.78, 5) is 15.1. The van der Waals surface area contributed by atoms with Crippen molar-refractivity contribution in [3.05, 3.63) is 40.0 Å². The molecular formula is C10H4Cl3NO. The standard InChI is InChI=1S/C10H4Cl3NO/c11-7-4-14-9-5(8(7)12)2-1-3-6(9)10(13)15/h1-4H. The smallest absolute Gasteiger partial charge is 0.254 e. The van der Waals surface area contributed by atoms with Crippen LogP contribution in [0.4, 0.5) is 0 Å². The van der Waals surface area contributed by atoms with Gasteiger partial charge in [0.25, 0.3) is 5.24 Å². The van der Waals surface area contributed by atoms with Gasteiger partial charge in [-0.15, -0.1) is 0 Å². The lowest BCUT2D eigenvalue weighted by Crippen LogP contribution is -1.93. The van der Waals surface area contributed by atoms with E-state index >= 15 is 0 Å². The maximum absolute atomic E-state index is 11.1. The molecule has 0 radical (unpaired) electrons. The summed E-state index contributed by atoms with van der Waals surface area (Å²) in [7, 11) is 0. The van der Waals surface area contributed by atoms with Crippen LogP contribution < -0.4 is 0 Å². The van der Waals surface area contributed by atoms with Crippen LogP contribution in [0.3, 0.4) is 0 Å². The highest BCUT2D eigenvalue weighted by Gasteiger charge is 2.11. The van der Waals surface area contributed by atoms with Crippen molar-refractivity contribution < 1.29 is 4.79 Å². The zero-order valence-corrected chi connectivity index (χ0v) is 9.57. The van der Waals surface area contributed by atoms with Crippen LogP contribution in [-0.2, 0) is 0 Å². The van der Waals surface area contributed by atoms with Gasteiger partial charge < -0.3 is 0 Å². The number of hydrogen-bond donors (Lipinski definition) is 0. The fourth-order valence-corrected chi connectivity index (χ4v) is 1.83. The predicted octanol–water partition coefficient (Wildman–Crippen LogP) is 3.92. The molecule has 1 heterocycles. The van der Waals surface area contributed by atoms with Crippen LogP contribution in [0.5, 0.6) is 0 Å². The minimum atomic E-state index is -0.563. The van der Waals surface area contributed by atoms with E-state index in [0.29, 0.717) is 26.5 Å².